The Morgan fingerprint density at radius 2 is 2.22 bits per heavy atom. The van der Waals surface area contributed by atoms with Crippen LogP contribution in [-0.2, 0) is 17.4 Å². The molecule has 152 valence electrons. The molecule has 0 aromatic carbocycles. The Labute approximate surface area is 162 Å². The maximum Gasteiger partial charge on any atom is 0.222 e. The summed E-state index contributed by atoms with van der Waals surface area (Å²) in [6, 6.07) is 0.272. The SMILES string of the molecule is CCNC(=NCC(C)(O)c1cnn(C)c1)NCCC(CC)N1CCCC1=O. The first-order valence-electron chi connectivity index (χ1n) is 9.90. The molecular formula is C19H34N6O2. The quantitative estimate of drug-likeness (QED) is 0.440. The second-order valence-electron chi connectivity index (χ2n) is 7.34. The number of amides is 1. The number of likely N-dealkylation sites (tertiary alicyclic amines) is 1. The Hall–Kier alpha value is -2.09. The minimum atomic E-state index is -1.08. The van der Waals surface area contributed by atoms with Gasteiger partial charge in [0.05, 0.1) is 12.7 Å². The van der Waals surface area contributed by atoms with Gasteiger partial charge in [-0.25, -0.2) is 4.99 Å². The zero-order chi connectivity index (χ0) is 19.9. The minimum absolute atomic E-state index is 0.232. The van der Waals surface area contributed by atoms with Gasteiger partial charge >= 0.3 is 0 Å². The van der Waals surface area contributed by atoms with Gasteiger partial charge in [0, 0.05) is 50.9 Å². The van der Waals surface area contributed by atoms with Gasteiger partial charge in [0.1, 0.15) is 5.60 Å². The number of nitrogens with zero attached hydrogens (tertiary/aromatic N) is 4. The van der Waals surface area contributed by atoms with Crippen molar-refractivity contribution in [1.82, 2.24) is 25.3 Å². The fourth-order valence-electron chi connectivity index (χ4n) is 3.36. The van der Waals surface area contributed by atoms with Crippen LogP contribution in [-0.4, -0.2) is 63.9 Å². The molecular weight excluding hydrogens is 344 g/mol. The van der Waals surface area contributed by atoms with Crippen molar-refractivity contribution >= 4 is 11.9 Å². The topological polar surface area (TPSA) is 94.8 Å². The highest BCUT2D eigenvalue weighted by atomic mass is 16.3. The number of aromatic nitrogens is 2. The predicted octanol–water partition coefficient (Wildman–Crippen LogP) is 0.974. The number of carbonyl (C=O) groups is 1. The van der Waals surface area contributed by atoms with Crippen LogP contribution in [0.25, 0.3) is 0 Å². The first-order chi connectivity index (χ1) is 12.9. The molecule has 27 heavy (non-hydrogen) atoms. The van der Waals surface area contributed by atoms with E-state index in [2.05, 4.69) is 27.6 Å². The van der Waals surface area contributed by atoms with Crippen molar-refractivity contribution in [2.45, 2.75) is 58.1 Å². The van der Waals surface area contributed by atoms with Crippen molar-refractivity contribution < 1.29 is 9.90 Å². The molecule has 3 N–H and O–H groups in total. The fraction of sp³-hybridized carbons (Fsp3) is 0.737. The smallest absolute Gasteiger partial charge is 0.222 e. The molecule has 2 atom stereocenters. The molecule has 8 nitrogen and oxygen atoms in total. The lowest BCUT2D eigenvalue weighted by Gasteiger charge is -2.27. The van der Waals surface area contributed by atoms with E-state index in [-0.39, 0.29) is 18.5 Å². The van der Waals surface area contributed by atoms with Gasteiger partial charge in [-0.1, -0.05) is 6.92 Å². The Morgan fingerprint density at radius 3 is 2.78 bits per heavy atom. The molecule has 0 spiro atoms. The predicted molar refractivity (Wildman–Crippen MR) is 106 cm³/mol. The van der Waals surface area contributed by atoms with E-state index in [1.54, 1.807) is 24.0 Å². The first-order valence-corrected chi connectivity index (χ1v) is 9.90. The lowest BCUT2D eigenvalue weighted by molar-refractivity contribution is -0.129. The molecule has 2 unspecified atom stereocenters. The maximum absolute atomic E-state index is 12.0. The monoisotopic (exact) mass is 378 g/mol. The first kappa shape index (κ1) is 21.2. The van der Waals surface area contributed by atoms with Gasteiger partial charge in [-0.15, -0.1) is 0 Å². The summed E-state index contributed by atoms with van der Waals surface area (Å²) in [7, 11) is 1.82. The summed E-state index contributed by atoms with van der Waals surface area (Å²) < 4.78 is 1.67. The molecule has 1 aromatic heterocycles. The molecule has 0 radical (unpaired) electrons. The van der Waals surface area contributed by atoms with E-state index in [1.807, 2.05) is 18.9 Å². The van der Waals surface area contributed by atoms with Crippen LogP contribution in [0, 0.1) is 0 Å². The number of hydrogen-bond donors (Lipinski definition) is 3. The summed E-state index contributed by atoms with van der Waals surface area (Å²) in [6.07, 6.45) is 6.94. The van der Waals surface area contributed by atoms with Crippen molar-refractivity contribution in [2.75, 3.05) is 26.2 Å². The third kappa shape index (κ3) is 5.95. The zero-order valence-corrected chi connectivity index (χ0v) is 17.0. The molecule has 0 bridgehead atoms. The maximum atomic E-state index is 12.0. The molecule has 1 fully saturated rings. The van der Waals surface area contributed by atoms with Crippen LogP contribution in [0.1, 0.15) is 52.0 Å². The summed E-state index contributed by atoms with van der Waals surface area (Å²) in [5.74, 6) is 0.944. The normalized spacial score (nSPS) is 18.5. The van der Waals surface area contributed by atoms with Crippen LogP contribution in [0.2, 0.25) is 0 Å². The van der Waals surface area contributed by atoms with E-state index < -0.39 is 5.60 Å². The number of aliphatic hydroxyl groups is 1. The summed E-state index contributed by atoms with van der Waals surface area (Å²) in [4.78, 5) is 18.5. The third-order valence-corrected chi connectivity index (χ3v) is 5.01. The zero-order valence-electron chi connectivity index (χ0n) is 17.0. The highest BCUT2D eigenvalue weighted by Gasteiger charge is 2.27. The minimum Gasteiger partial charge on any atom is -0.383 e. The highest BCUT2D eigenvalue weighted by molar-refractivity contribution is 5.80. The summed E-state index contributed by atoms with van der Waals surface area (Å²) >= 11 is 0. The molecule has 1 saturated heterocycles. The molecule has 2 heterocycles. The Morgan fingerprint density at radius 1 is 1.44 bits per heavy atom. The van der Waals surface area contributed by atoms with E-state index in [0.29, 0.717) is 12.4 Å². The van der Waals surface area contributed by atoms with Gasteiger partial charge in [0.15, 0.2) is 5.96 Å². The van der Waals surface area contributed by atoms with E-state index in [1.165, 1.54) is 0 Å². The molecule has 2 rings (SSSR count). The van der Waals surface area contributed by atoms with Crippen LogP contribution < -0.4 is 10.6 Å². The van der Waals surface area contributed by atoms with Crippen LogP contribution >= 0.6 is 0 Å². The van der Waals surface area contributed by atoms with Crippen LogP contribution in [0.4, 0.5) is 0 Å². The summed E-state index contributed by atoms with van der Waals surface area (Å²) in [5, 5.41) is 21.3. The number of aryl methyl sites for hydroxylation is 1. The largest absolute Gasteiger partial charge is 0.383 e. The molecule has 1 amide bonds. The number of carbonyl (C=O) groups excluding carboxylic acids is 1. The summed E-state index contributed by atoms with van der Waals surface area (Å²) in [6.45, 7) is 8.44. The molecule has 0 saturated carbocycles. The lowest BCUT2D eigenvalue weighted by atomic mass is 10.0. The molecule has 1 aliphatic rings. The molecule has 1 aromatic rings. The van der Waals surface area contributed by atoms with Crippen LogP contribution in [0.3, 0.4) is 0 Å². The van der Waals surface area contributed by atoms with Gasteiger partial charge < -0.3 is 20.6 Å². The Balaban J connectivity index is 1.90. The summed E-state index contributed by atoms with van der Waals surface area (Å²) in [5.41, 5.74) is -0.340. The van der Waals surface area contributed by atoms with E-state index in [0.717, 1.165) is 44.5 Å². The average Bonchev–Trinajstić information content (AvgIpc) is 3.25. The van der Waals surface area contributed by atoms with Gasteiger partial charge in [0.25, 0.3) is 0 Å². The van der Waals surface area contributed by atoms with E-state index >= 15 is 0 Å². The Bertz CT molecular complexity index is 640. The van der Waals surface area contributed by atoms with Crippen LogP contribution in [0.15, 0.2) is 17.4 Å². The van der Waals surface area contributed by atoms with Crippen molar-refractivity contribution in [3.63, 3.8) is 0 Å². The van der Waals surface area contributed by atoms with Crippen LogP contribution in [0.5, 0.6) is 0 Å². The average molecular weight is 379 g/mol. The second kappa shape index (κ2) is 9.73. The number of nitrogens with one attached hydrogen (secondary N) is 2. The van der Waals surface area contributed by atoms with E-state index in [9.17, 15) is 9.90 Å². The van der Waals surface area contributed by atoms with Gasteiger partial charge in [-0.2, -0.15) is 5.10 Å². The van der Waals surface area contributed by atoms with Gasteiger partial charge in [-0.3, -0.25) is 9.48 Å². The van der Waals surface area contributed by atoms with Crippen molar-refractivity contribution in [3.8, 4) is 0 Å². The number of hydrogen-bond acceptors (Lipinski definition) is 4. The fourth-order valence-corrected chi connectivity index (χ4v) is 3.36. The number of rotatable bonds is 9. The van der Waals surface area contributed by atoms with Crippen molar-refractivity contribution in [2.24, 2.45) is 12.0 Å². The van der Waals surface area contributed by atoms with Gasteiger partial charge in [-0.05, 0) is 33.1 Å². The highest BCUT2D eigenvalue weighted by Crippen LogP contribution is 2.20. The molecule has 0 aliphatic carbocycles. The molecule has 8 heteroatoms. The standard InChI is InChI=1S/C19H34N6O2/c1-5-16(25-11-7-8-17(25)26)9-10-21-18(20-6-2)22-14-19(3,27)15-12-23-24(4)13-15/h12-13,16,27H,5-11,14H2,1-4H3,(H2,20,21,22). The second-order valence-corrected chi connectivity index (χ2v) is 7.34. The molecule has 1 aliphatic heterocycles. The van der Waals surface area contributed by atoms with Gasteiger partial charge in [0.2, 0.25) is 5.91 Å². The third-order valence-electron chi connectivity index (χ3n) is 5.01. The lowest BCUT2D eigenvalue weighted by Crippen LogP contribution is -2.42. The number of guanidine groups is 1. The van der Waals surface area contributed by atoms with Crippen molar-refractivity contribution in [3.05, 3.63) is 18.0 Å². The van der Waals surface area contributed by atoms with Crippen molar-refractivity contribution in [1.29, 1.82) is 0 Å². The Kier molecular flexibility index (Phi) is 7.65. The van der Waals surface area contributed by atoms with E-state index in [4.69, 9.17) is 0 Å². The number of aliphatic imine (C=N–C) groups is 1.